The predicted molar refractivity (Wildman–Crippen MR) is 83.2 cm³/mol. The van der Waals surface area contributed by atoms with Gasteiger partial charge in [-0.2, -0.15) is 0 Å². The van der Waals surface area contributed by atoms with Crippen molar-refractivity contribution < 1.29 is 17.9 Å². The Labute approximate surface area is 126 Å². The maximum absolute atomic E-state index is 11.7. The lowest BCUT2D eigenvalue weighted by Crippen LogP contribution is -2.33. The van der Waals surface area contributed by atoms with Crippen LogP contribution in [-0.2, 0) is 21.1 Å². The number of hydrogen-bond donors (Lipinski definition) is 1. The summed E-state index contributed by atoms with van der Waals surface area (Å²) in [6.07, 6.45) is 0.597. The Morgan fingerprint density at radius 2 is 1.95 bits per heavy atom. The van der Waals surface area contributed by atoms with Crippen molar-refractivity contribution in [1.82, 2.24) is 5.32 Å². The number of nitrogens with one attached hydrogen (secondary N) is 1. The Hall–Kier alpha value is -1.56. The fraction of sp³-hybridized carbons (Fsp3) is 0.533. The van der Waals surface area contributed by atoms with Crippen LogP contribution in [-0.4, -0.2) is 39.5 Å². The fourth-order valence-electron chi connectivity index (χ4n) is 2.06. The Morgan fingerprint density at radius 1 is 1.29 bits per heavy atom. The number of hydrogen-bond acceptors (Lipinski definition) is 4. The summed E-state index contributed by atoms with van der Waals surface area (Å²) in [6.45, 7) is 4.02. The normalized spacial score (nSPS) is 11.4. The van der Waals surface area contributed by atoms with Crippen LogP contribution in [0, 0.1) is 5.92 Å². The van der Waals surface area contributed by atoms with E-state index in [0.717, 1.165) is 11.3 Å². The molecule has 0 heterocycles. The van der Waals surface area contributed by atoms with Gasteiger partial charge in [0.15, 0.2) is 9.84 Å². The van der Waals surface area contributed by atoms with Gasteiger partial charge in [-0.1, -0.05) is 32.0 Å². The third-order valence-electron chi connectivity index (χ3n) is 2.85. The van der Waals surface area contributed by atoms with Gasteiger partial charge in [0, 0.05) is 6.54 Å². The highest BCUT2D eigenvalue weighted by Gasteiger charge is 2.17. The van der Waals surface area contributed by atoms with Crippen molar-refractivity contribution in [3.63, 3.8) is 0 Å². The molecule has 1 N–H and O–H groups in total. The van der Waals surface area contributed by atoms with Crippen LogP contribution >= 0.6 is 0 Å². The average Bonchev–Trinajstić information content (AvgIpc) is 2.36. The van der Waals surface area contributed by atoms with E-state index in [-0.39, 0.29) is 11.7 Å². The molecule has 6 heteroatoms. The number of carbonyl (C=O) groups is 1. The van der Waals surface area contributed by atoms with Crippen LogP contribution in [0.2, 0.25) is 0 Å². The molecule has 1 aromatic rings. The first-order valence-electron chi connectivity index (χ1n) is 6.93. The molecule has 5 nitrogen and oxygen atoms in total. The Kier molecular flexibility index (Phi) is 6.68. The molecule has 1 aromatic carbocycles. The van der Waals surface area contributed by atoms with E-state index >= 15 is 0 Å². The molecular formula is C15H23NO4S. The number of benzene rings is 1. The summed E-state index contributed by atoms with van der Waals surface area (Å²) in [5, 5.41) is 2.64. The summed E-state index contributed by atoms with van der Waals surface area (Å²) < 4.78 is 28.6. The van der Waals surface area contributed by atoms with Gasteiger partial charge in [0.25, 0.3) is 0 Å². The number of para-hydroxylation sites is 1. The standard InChI is InChI=1S/C15H23NO4S/c1-12(2)10-21(18,19)11-15(17)16-9-8-13-6-4-5-7-14(13)20-3/h4-7,12H,8-11H2,1-3H3,(H,16,17). The first kappa shape index (κ1) is 17.5. The average molecular weight is 313 g/mol. The summed E-state index contributed by atoms with van der Waals surface area (Å²) in [4.78, 5) is 11.7. The molecule has 0 fully saturated rings. The zero-order chi connectivity index (χ0) is 15.9. The van der Waals surface area contributed by atoms with Crippen LogP contribution in [0.5, 0.6) is 5.75 Å². The smallest absolute Gasteiger partial charge is 0.235 e. The summed E-state index contributed by atoms with van der Waals surface area (Å²) >= 11 is 0. The Morgan fingerprint density at radius 3 is 2.57 bits per heavy atom. The van der Waals surface area contributed by atoms with Crippen molar-refractivity contribution in [2.24, 2.45) is 5.92 Å². The molecule has 0 unspecified atom stereocenters. The van der Waals surface area contributed by atoms with Gasteiger partial charge in [-0.05, 0) is 24.0 Å². The molecule has 0 saturated carbocycles. The number of amides is 1. The molecule has 1 rings (SSSR count). The summed E-state index contributed by atoms with van der Waals surface area (Å²) in [7, 11) is -1.73. The molecule has 0 aliphatic rings. The number of carbonyl (C=O) groups excluding carboxylic acids is 1. The third kappa shape index (κ3) is 6.62. The molecule has 0 atom stereocenters. The van der Waals surface area contributed by atoms with E-state index in [1.807, 2.05) is 38.1 Å². The minimum atomic E-state index is -3.32. The SMILES string of the molecule is COc1ccccc1CCNC(=O)CS(=O)(=O)CC(C)C. The number of ether oxygens (including phenoxy) is 1. The predicted octanol–water partition coefficient (Wildman–Crippen LogP) is 1.42. The highest BCUT2D eigenvalue weighted by Crippen LogP contribution is 2.17. The first-order chi connectivity index (χ1) is 9.84. The van der Waals surface area contributed by atoms with Gasteiger partial charge in [0.1, 0.15) is 11.5 Å². The van der Waals surface area contributed by atoms with E-state index in [1.165, 1.54) is 0 Å². The third-order valence-corrected chi connectivity index (χ3v) is 4.72. The van der Waals surface area contributed by atoms with E-state index < -0.39 is 21.5 Å². The number of methoxy groups -OCH3 is 1. The second-order valence-electron chi connectivity index (χ2n) is 5.36. The van der Waals surface area contributed by atoms with Crippen LogP contribution in [0.25, 0.3) is 0 Å². The monoisotopic (exact) mass is 313 g/mol. The van der Waals surface area contributed by atoms with E-state index in [1.54, 1.807) is 7.11 Å². The highest BCUT2D eigenvalue weighted by atomic mass is 32.2. The van der Waals surface area contributed by atoms with Gasteiger partial charge < -0.3 is 10.1 Å². The van der Waals surface area contributed by atoms with Gasteiger partial charge in [0.05, 0.1) is 12.9 Å². The Bertz CT molecular complexity index is 567. The summed E-state index contributed by atoms with van der Waals surface area (Å²) in [6, 6.07) is 7.54. The number of rotatable bonds is 8. The molecule has 0 spiro atoms. The van der Waals surface area contributed by atoms with E-state index in [4.69, 9.17) is 4.74 Å². The van der Waals surface area contributed by atoms with Crippen LogP contribution < -0.4 is 10.1 Å². The number of sulfone groups is 1. The first-order valence-corrected chi connectivity index (χ1v) is 8.75. The molecule has 21 heavy (non-hydrogen) atoms. The minimum Gasteiger partial charge on any atom is -0.496 e. The zero-order valence-corrected chi connectivity index (χ0v) is 13.6. The Balaban J connectivity index is 2.44. The van der Waals surface area contributed by atoms with Crippen molar-refractivity contribution in [2.45, 2.75) is 20.3 Å². The minimum absolute atomic E-state index is 0.0244. The molecule has 1 amide bonds. The maximum Gasteiger partial charge on any atom is 0.235 e. The lowest BCUT2D eigenvalue weighted by atomic mass is 10.1. The van der Waals surface area contributed by atoms with Crippen molar-refractivity contribution in [3.8, 4) is 5.75 Å². The molecular weight excluding hydrogens is 290 g/mol. The topological polar surface area (TPSA) is 72.5 Å². The van der Waals surface area contributed by atoms with Gasteiger partial charge in [-0.15, -0.1) is 0 Å². The maximum atomic E-state index is 11.7. The van der Waals surface area contributed by atoms with Gasteiger partial charge in [-0.3, -0.25) is 4.79 Å². The van der Waals surface area contributed by atoms with Crippen LogP contribution in [0.3, 0.4) is 0 Å². The summed E-state index contributed by atoms with van der Waals surface area (Å²) in [5.74, 6) is -0.0783. The lowest BCUT2D eigenvalue weighted by molar-refractivity contribution is -0.118. The van der Waals surface area contributed by atoms with Crippen molar-refractivity contribution in [3.05, 3.63) is 29.8 Å². The van der Waals surface area contributed by atoms with Crippen molar-refractivity contribution in [1.29, 1.82) is 0 Å². The van der Waals surface area contributed by atoms with Crippen LogP contribution in [0.4, 0.5) is 0 Å². The molecule has 0 aliphatic carbocycles. The van der Waals surface area contributed by atoms with Gasteiger partial charge in [-0.25, -0.2) is 8.42 Å². The van der Waals surface area contributed by atoms with Crippen LogP contribution in [0.15, 0.2) is 24.3 Å². The van der Waals surface area contributed by atoms with Crippen LogP contribution in [0.1, 0.15) is 19.4 Å². The van der Waals surface area contributed by atoms with E-state index in [9.17, 15) is 13.2 Å². The highest BCUT2D eigenvalue weighted by molar-refractivity contribution is 7.92. The second kappa shape index (κ2) is 8.02. The van der Waals surface area contributed by atoms with E-state index in [0.29, 0.717) is 13.0 Å². The van der Waals surface area contributed by atoms with Gasteiger partial charge >= 0.3 is 0 Å². The van der Waals surface area contributed by atoms with E-state index in [2.05, 4.69) is 5.32 Å². The van der Waals surface area contributed by atoms with Crippen molar-refractivity contribution in [2.75, 3.05) is 25.2 Å². The summed E-state index contributed by atoms with van der Waals surface area (Å²) in [5.41, 5.74) is 0.977. The molecule has 0 saturated heterocycles. The van der Waals surface area contributed by atoms with Crippen molar-refractivity contribution >= 4 is 15.7 Å². The van der Waals surface area contributed by atoms with Gasteiger partial charge in [0.2, 0.25) is 5.91 Å². The molecule has 0 bridgehead atoms. The largest absolute Gasteiger partial charge is 0.496 e. The molecule has 118 valence electrons. The molecule has 0 radical (unpaired) electrons. The quantitative estimate of drug-likeness (QED) is 0.788. The zero-order valence-electron chi connectivity index (χ0n) is 12.8. The molecule has 0 aliphatic heterocycles. The lowest BCUT2D eigenvalue weighted by Gasteiger charge is -2.10. The fourth-order valence-corrected chi connectivity index (χ4v) is 3.70. The molecule has 0 aromatic heterocycles. The second-order valence-corrected chi connectivity index (χ2v) is 7.47.